The molecule has 0 bridgehead atoms. The Balaban J connectivity index is 1.97. The second-order valence-electron chi connectivity index (χ2n) is 7.70. The van der Waals surface area contributed by atoms with Gasteiger partial charge in [0.05, 0.1) is 12.5 Å². The van der Waals surface area contributed by atoms with E-state index in [1.807, 2.05) is 0 Å². The van der Waals surface area contributed by atoms with Crippen LogP contribution in [0.15, 0.2) is 42.6 Å². The standard InChI is InChI=1S/C21H24FN5O6S2/c1-34(30,31)25-11-4-12-27(35(2,32)33)20-16-5-3-10-23-17(16)19(28)18(26-20)21(29)24-13-14-6-8-15(22)9-7-14/h3,5-10,25,28H,4,11-13H2,1-2H3,(H,24,29). The van der Waals surface area contributed by atoms with Gasteiger partial charge in [0.25, 0.3) is 5.91 Å². The zero-order valence-corrected chi connectivity index (χ0v) is 20.5. The fourth-order valence-corrected chi connectivity index (χ4v) is 4.66. The third-order valence-corrected chi connectivity index (χ3v) is 6.72. The monoisotopic (exact) mass is 525 g/mol. The molecular formula is C21H24FN5O6S2. The van der Waals surface area contributed by atoms with Gasteiger partial charge in [-0.05, 0) is 36.2 Å². The molecule has 0 aliphatic carbocycles. The summed E-state index contributed by atoms with van der Waals surface area (Å²) in [7, 11) is -7.39. The van der Waals surface area contributed by atoms with Crippen LogP contribution in [-0.2, 0) is 26.6 Å². The number of aromatic nitrogens is 2. The Bertz CT molecular complexity index is 1450. The van der Waals surface area contributed by atoms with E-state index in [0.717, 1.165) is 16.8 Å². The molecule has 3 rings (SSSR count). The molecule has 0 atom stereocenters. The van der Waals surface area contributed by atoms with Crippen molar-refractivity contribution >= 4 is 42.7 Å². The number of halogens is 1. The van der Waals surface area contributed by atoms with Crippen LogP contribution in [0.5, 0.6) is 5.75 Å². The molecular weight excluding hydrogens is 501 g/mol. The number of sulfonamides is 2. The van der Waals surface area contributed by atoms with Crippen molar-refractivity contribution in [3.8, 4) is 5.75 Å². The summed E-state index contributed by atoms with van der Waals surface area (Å²) in [6, 6.07) is 8.44. The zero-order chi connectivity index (χ0) is 25.8. The number of anilines is 1. The van der Waals surface area contributed by atoms with Crippen LogP contribution in [0.1, 0.15) is 22.5 Å². The Labute approximate surface area is 202 Å². The molecule has 11 nitrogen and oxygen atoms in total. The lowest BCUT2D eigenvalue weighted by atomic mass is 10.1. The highest BCUT2D eigenvalue weighted by atomic mass is 32.2. The van der Waals surface area contributed by atoms with Gasteiger partial charge in [-0.25, -0.2) is 30.9 Å². The molecule has 2 aromatic heterocycles. The summed E-state index contributed by atoms with van der Waals surface area (Å²) in [5.74, 6) is -1.90. The summed E-state index contributed by atoms with van der Waals surface area (Å²) >= 11 is 0. The van der Waals surface area contributed by atoms with E-state index in [9.17, 15) is 31.1 Å². The molecule has 0 unspecified atom stereocenters. The molecule has 0 saturated heterocycles. The summed E-state index contributed by atoms with van der Waals surface area (Å²) in [4.78, 5) is 21.1. The Morgan fingerprint density at radius 3 is 2.43 bits per heavy atom. The van der Waals surface area contributed by atoms with Crippen LogP contribution in [-0.4, -0.2) is 63.4 Å². The molecule has 1 amide bonds. The number of fused-ring (bicyclic) bond motifs is 1. The van der Waals surface area contributed by atoms with Crippen LogP contribution in [0.3, 0.4) is 0 Å². The van der Waals surface area contributed by atoms with E-state index in [4.69, 9.17) is 0 Å². The highest BCUT2D eigenvalue weighted by Crippen LogP contribution is 2.33. The van der Waals surface area contributed by atoms with Gasteiger partial charge >= 0.3 is 0 Å². The first-order valence-electron chi connectivity index (χ1n) is 10.3. The summed E-state index contributed by atoms with van der Waals surface area (Å²) in [6.07, 6.45) is 3.41. The van der Waals surface area contributed by atoms with Crippen molar-refractivity contribution < 1.29 is 31.1 Å². The molecule has 0 fully saturated rings. The summed E-state index contributed by atoms with van der Waals surface area (Å²) in [5.41, 5.74) is 0.109. The average molecular weight is 526 g/mol. The summed E-state index contributed by atoms with van der Waals surface area (Å²) < 4.78 is 64.1. The SMILES string of the molecule is CS(=O)(=O)NCCCN(c1nc(C(=O)NCc2ccc(F)cc2)c(O)c2ncccc12)S(C)(=O)=O. The second kappa shape index (κ2) is 10.5. The number of hydrogen-bond acceptors (Lipinski definition) is 8. The van der Waals surface area contributed by atoms with Gasteiger partial charge in [-0.2, -0.15) is 0 Å². The number of carbonyl (C=O) groups excluding carboxylic acids is 1. The lowest BCUT2D eigenvalue weighted by Crippen LogP contribution is -2.35. The zero-order valence-electron chi connectivity index (χ0n) is 18.9. The van der Waals surface area contributed by atoms with E-state index in [1.54, 1.807) is 0 Å². The van der Waals surface area contributed by atoms with E-state index in [2.05, 4.69) is 20.0 Å². The van der Waals surface area contributed by atoms with Crippen molar-refractivity contribution in [1.29, 1.82) is 0 Å². The fraction of sp³-hybridized carbons (Fsp3) is 0.286. The average Bonchev–Trinajstić information content (AvgIpc) is 2.78. The van der Waals surface area contributed by atoms with Gasteiger partial charge in [-0.3, -0.25) is 14.1 Å². The van der Waals surface area contributed by atoms with Gasteiger partial charge in [-0.15, -0.1) is 0 Å². The molecule has 14 heteroatoms. The van der Waals surface area contributed by atoms with E-state index in [-0.39, 0.29) is 42.8 Å². The smallest absolute Gasteiger partial charge is 0.274 e. The van der Waals surface area contributed by atoms with Crippen LogP contribution in [0.4, 0.5) is 10.2 Å². The Hall–Kier alpha value is -3.36. The van der Waals surface area contributed by atoms with E-state index >= 15 is 0 Å². The van der Waals surface area contributed by atoms with Gasteiger partial charge in [-0.1, -0.05) is 12.1 Å². The molecule has 0 radical (unpaired) electrons. The first kappa shape index (κ1) is 26.2. The predicted octanol–water partition coefficient (Wildman–Crippen LogP) is 1.11. The second-order valence-corrected chi connectivity index (χ2v) is 11.4. The molecule has 35 heavy (non-hydrogen) atoms. The van der Waals surface area contributed by atoms with Crippen LogP contribution in [0, 0.1) is 5.82 Å². The molecule has 188 valence electrons. The van der Waals surface area contributed by atoms with Crippen molar-refractivity contribution in [3.63, 3.8) is 0 Å². The van der Waals surface area contributed by atoms with Gasteiger partial charge in [0.2, 0.25) is 20.0 Å². The van der Waals surface area contributed by atoms with Crippen LogP contribution in [0.2, 0.25) is 0 Å². The number of rotatable bonds is 10. The maximum Gasteiger partial charge on any atom is 0.274 e. The van der Waals surface area contributed by atoms with Crippen molar-refractivity contribution in [2.45, 2.75) is 13.0 Å². The number of amides is 1. The van der Waals surface area contributed by atoms with Gasteiger partial charge in [0, 0.05) is 31.2 Å². The number of aromatic hydroxyl groups is 1. The highest BCUT2D eigenvalue weighted by Gasteiger charge is 2.26. The van der Waals surface area contributed by atoms with Crippen molar-refractivity contribution in [2.24, 2.45) is 0 Å². The summed E-state index contributed by atoms with van der Waals surface area (Å²) in [6.45, 7) is -0.174. The molecule has 0 saturated carbocycles. The van der Waals surface area contributed by atoms with Gasteiger partial charge < -0.3 is 10.4 Å². The maximum absolute atomic E-state index is 13.1. The summed E-state index contributed by atoms with van der Waals surface area (Å²) in [5, 5.41) is 13.4. The van der Waals surface area contributed by atoms with Crippen molar-refractivity contribution in [1.82, 2.24) is 20.0 Å². The van der Waals surface area contributed by atoms with E-state index in [0.29, 0.717) is 5.56 Å². The first-order chi connectivity index (χ1) is 16.4. The van der Waals surface area contributed by atoms with Crippen molar-refractivity contribution in [3.05, 3.63) is 59.7 Å². The molecule has 0 aliphatic heterocycles. The van der Waals surface area contributed by atoms with E-state index in [1.165, 1.54) is 42.6 Å². The molecule has 0 spiro atoms. The highest BCUT2D eigenvalue weighted by molar-refractivity contribution is 7.92. The lowest BCUT2D eigenvalue weighted by molar-refractivity contribution is 0.0943. The number of carbonyl (C=O) groups is 1. The Morgan fingerprint density at radius 2 is 1.80 bits per heavy atom. The van der Waals surface area contributed by atoms with Crippen LogP contribution < -0.4 is 14.3 Å². The molecule has 3 aromatic rings. The van der Waals surface area contributed by atoms with Crippen LogP contribution >= 0.6 is 0 Å². The van der Waals surface area contributed by atoms with E-state index < -0.39 is 43.2 Å². The minimum absolute atomic E-state index is 0.00275. The largest absolute Gasteiger partial charge is 0.504 e. The molecule has 3 N–H and O–H groups in total. The Morgan fingerprint density at radius 1 is 1.11 bits per heavy atom. The third-order valence-electron chi connectivity index (χ3n) is 4.84. The number of pyridine rings is 2. The number of nitrogens with one attached hydrogen (secondary N) is 2. The predicted molar refractivity (Wildman–Crippen MR) is 128 cm³/mol. The van der Waals surface area contributed by atoms with Gasteiger partial charge in [0.1, 0.15) is 11.3 Å². The number of hydrogen-bond donors (Lipinski definition) is 3. The number of benzene rings is 1. The maximum atomic E-state index is 13.1. The molecule has 1 aromatic carbocycles. The minimum atomic E-state index is -3.92. The number of nitrogens with zero attached hydrogens (tertiary/aromatic N) is 3. The first-order valence-corrected chi connectivity index (χ1v) is 14.0. The third kappa shape index (κ3) is 6.83. The van der Waals surface area contributed by atoms with Crippen LogP contribution in [0.25, 0.3) is 10.9 Å². The van der Waals surface area contributed by atoms with Gasteiger partial charge in [0.15, 0.2) is 17.3 Å². The normalized spacial score (nSPS) is 12.0. The van der Waals surface area contributed by atoms with Crippen molar-refractivity contribution in [2.75, 3.05) is 29.9 Å². The minimum Gasteiger partial charge on any atom is -0.504 e. The lowest BCUT2D eigenvalue weighted by Gasteiger charge is -2.23. The molecule has 0 aliphatic rings. The topological polar surface area (TPSA) is 159 Å². The Kier molecular flexibility index (Phi) is 7.87. The molecule has 2 heterocycles. The quantitative estimate of drug-likeness (QED) is 0.332. The fourth-order valence-electron chi connectivity index (χ4n) is 3.23.